The molecule has 0 atom stereocenters. The van der Waals surface area contributed by atoms with E-state index in [2.05, 4.69) is 20.4 Å². The second kappa shape index (κ2) is 4.95. The third kappa shape index (κ3) is 4.95. The van der Waals surface area contributed by atoms with Crippen molar-refractivity contribution >= 4 is 36.1 Å². The highest BCUT2D eigenvalue weighted by Gasteiger charge is 1.70. The molecule has 0 aliphatic heterocycles. The predicted octanol–water partition coefficient (Wildman–Crippen LogP) is 0.593. The fourth-order valence-electron chi connectivity index (χ4n) is 0.0292. The van der Waals surface area contributed by atoms with Gasteiger partial charge in [0, 0.05) is 0 Å². The van der Waals surface area contributed by atoms with Crippen LogP contribution in [0.1, 0.15) is 0 Å². The van der Waals surface area contributed by atoms with Gasteiger partial charge in [-0.05, 0) is 0 Å². The maximum atomic E-state index is 5.19. The Balaban J connectivity index is 2.19. The lowest BCUT2D eigenvalue weighted by Crippen LogP contribution is -1.82. The molecule has 0 unspecified atom stereocenters. The fraction of sp³-hybridized carbons (Fsp3) is 1.00. The topological polar surface area (TPSA) is 9.23 Å². The number of alkyl halides is 1. The van der Waals surface area contributed by atoms with Crippen LogP contribution in [0.15, 0.2) is 0 Å². The van der Waals surface area contributed by atoms with E-state index in [-0.39, 0.29) is 0 Å². The molecular formula is CH4BrClOSi. The second-order valence-electron chi connectivity index (χ2n) is 0.422. The van der Waals surface area contributed by atoms with Gasteiger partial charge in [-0.1, -0.05) is 15.9 Å². The van der Waals surface area contributed by atoms with Gasteiger partial charge in [-0.2, -0.15) is 0 Å². The van der Waals surface area contributed by atoms with Crippen LogP contribution in [-0.2, 0) is 4.43 Å². The van der Waals surface area contributed by atoms with Gasteiger partial charge >= 0.3 is 0 Å². The second-order valence-corrected chi connectivity index (χ2v) is 2.16. The third-order valence-corrected chi connectivity index (χ3v) is 1.90. The van der Waals surface area contributed by atoms with Gasteiger partial charge in [-0.25, -0.2) is 0 Å². The minimum atomic E-state index is -0.661. The Bertz CT molecular complexity index is 19.1. The molecule has 0 fully saturated rings. The summed E-state index contributed by atoms with van der Waals surface area (Å²) in [5.41, 5.74) is 0.586. The SMILES string of the molecule is Cl[SiH2]OCBr. The van der Waals surface area contributed by atoms with E-state index in [4.69, 9.17) is 11.1 Å². The largest absolute Gasteiger partial charge is 0.398 e. The Hall–Kier alpha value is 0.947. The van der Waals surface area contributed by atoms with Crippen LogP contribution in [0.2, 0.25) is 0 Å². The van der Waals surface area contributed by atoms with Crippen LogP contribution in [0.5, 0.6) is 0 Å². The minimum absolute atomic E-state index is 0.586. The van der Waals surface area contributed by atoms with Gasteiger partial charge in [-0.15, -0.1) is 11.1 Å². The molecule has 0 rings (SSSR count). The summed E-state index contributed by atoms with van der Waals surface area (Å²) >= 11 is 8.23. The lowest BCUT2D eigenvalue weighted by atomic mass is 11.8. The van der Waals surface area contributed by atoms with Gasteiger partial charge in [0.1, 0.15) is 0 Å². The summed E-state index contributed by atoms with van der Waals surface area (Å²) in [5, 5.41) is 0. The molecule has 1 nitrogen and oxygen atoms in total. The van der Waals surface area contributed by atoms with Crippen molar-refractivity contribution in [2.75, 3.05) is 5.52 Å². The van der Waals surface area contributed by atoms with E-state index in [0.29, 0.717) is 5.52 Å². The number of hydrogen-bond acceptors (Lipinski definition) is 1. The summed E-state index contributed by atoms with van der Waals surface area (Å²) in [4.78, 5) is 0. The smallest absolute Gasteiger partial charge is 0.259 e. The van der Waals surface area contributed by atoms with Crippen molar-refractivity contribution in [3.05, 3.63) is 0 Å². The Morgan fingerprint density at radius 3 is 2.60 bits per heavy atom. The van der Waals surface area contributed by atoms with Gasteiger partial charge in [-0.3, -0.25) is 0 Å². The van der Waals surface area contributed by atoms with E-state index < -0.39 is 9.07 Å². The molecule has 0 radical (unpaired) electrons. The maximum Gasteiger partial charge on any atom is 0.259 e. The summed E-state index contributed by atoms with van der Waals surface area (Å²) in [6.45, 7) is 0. The molecule has 0 amide bonds. The molecule has 0 aromatic heterocycles. The molecular weight excluding hydrogens is 171 g/mol. The first-order valence-corrected chi connectivity index (χ1v) is 4.95. The Morgan fingerprint density at radius 1 is 2.00 bits per heavy atom. The van der Waals surface area contributed by atoms with Crippen molar-refractivity contribution in [2.24, 2.45) is 0 Å². The van der Waals surface area contributed by atoms with E-state index >= 15 is 0 Å². The molecule has 0 saturated heterocycles. The van der Waals surface area contributed by atoms with Gasteiger partial charge in [0.25, 0.3) is 9.07 Å². The van der Waals surface area contributed by atoms with E-state index in [1.54, 1.807) is 0 Å². The average Bonchev–Trinajstić information content (AvgIpc) is 1.41. The first-order chi connectivity index (χ1) is 2.41. The van der Waals surface area contributed by atoms with Crippen LogP contribution in [0.4, 0.5) is 0 Å². The third-order valence-electron chi connectivity index (χ3n) is 0.154. The predicted molar refractivity (Wildman–Crippen MR) is 29.3 cm³/mol. The molecule has 0 heterocycles. The van der Waals surface area contributed by atoms with E-state index in [9.17, 15) is 0 Å². The highest BCUT2D eigenvalue weighted by Crippen LogP contribution is 1.79. The Labute approximate surface area is 46.4 Å². The average molecular weight is 175 g/mol. The molecule has 0 saturated carbocycles. The van der Waals surface area contributed by atoms with Crippen LogP contribution >= 0.6 is 27.0 Å². The van der Waals surface area contributed by atoms with E-state index in [1.165, 1.54) is 0 Å². The highest BCUT2D eigenvalue weighted by molar-refractivity contribution is 9.09. The molecule has 0 aromatic carbocycles. The lowest BCUT2D eigenvalue weighted by Gasteiger charge is -1.82. The summed E-state index contributed by atoms with van der Waals surface area (Å²) in [7, 11) is -0.661. The molecule has 0 bridgehead atoms. The molecule has 32 valence electrons. The van der Waals surface area contributed by atoms with E-state index in [1.807, 2.05) is 0 Å². The number of halogens is 2. The minimum Gasteiger partial charge on any atom is -0.398 e. The summed E-state index contributed by atoms with van der Waals surface area (Å²) < 4.78 is 4.65. The molecule has 0 N–H and O–H groups in total. The molecule has 0 aliphatic carbocycles. The van der Waals surface area contributed by atoms with Crippen molar-refractivity contribution in [3.63, 3.8) is 0 Å². The quantitative estimate of drug-likeness (QED) is 0.339. The summed E-state index contributed by atoms with van der Waals surface area (Å²) in [6.07, 6.45) is 0. The van der Waals surface area contributed by atoms with Crippen molar-refractivity contribution in [1.82, 2.24) is 0 Å². The summed E-state index contributed by atoms with van der Waals surface area (Å²) in [6, 6.07) is 0. The standard InChI is InChI=1S/CH4BrClOSi/c2-1-4-5-3/h1,5H2. The van der Waals surface area contributed by atoms with Crippen LogP contribution in [-0.4, -0.2) is 14.6 Å². The van der Waals surface area contributed by atoms with Crippen LogP contribution in [0.3, 0.4) is 0 Å². The molecule has 0 spiro atoms. The monoisotopic (exact) mass is 174 g/mol. The molecule has 0 aliphatic rings. The normalized spacial score (nSPS) is 10.8. The van der Waals surface area contributed by atoms with Gasteiger partial charge in [0.2, 0.25) is 0 Å². The van der Waals surface area contributed by atoms with Gasteiger partial charge in [0.05, 0.1) is 5.52 Å². The zero-order valence-electron chi connectivity index (χ0n) is 2.58. The van der Waals surface area contributed by atoms with Crippen molar-refractivity contribution in [3.8, 4) is 0 Å². The highest BCUT2D eigenvalue weighted by atomic mass is 79.9. The fourth-order valence-corrected chi connectivity index (χ4v) is 1.36. The first-order valence-electron chi connectivity index (χ1n) is 1.11. The van der Waals surface area contributed by atoms with Crippen LogP contribution < -0.4 is 0 Å². The number of hydrogen-bond donors (Lipinski definition) is 0. The molecule has 0 aromatic rings. The summed E-state index contributed by atoms with van der Waals surface area (Å²) in [5.74, 6) is 0. The van der Waals surface area contributed by atoms with Crippen molar-refractivity contribution in [2.45, 2.75) is 0 Å². The zero-order valence-corrected chi connectivity index (χ0v) is 6.33. The Morgan fingerprint density at radius 2 is 2.60 bits per heavy atom. The van der Waals surface area contributed by atoms with Crippen molar-refractivity contribution < 1.29 is 4.43 Å². The molecule has 4 heteroatoms. The van der Waals surface area contributed by atoms with Gasteiger partial charge < -0.3 is 4.43 Å². The van der Waals surface area contributed by atoms with Crippen LogP contribution in [0, 0.1) is 0 Å². The first kappa shape index (κ1) is 5.95. The zero-order chi connectivity index (χ0) is 4.12. The van der Waals surface area contributed by atoms with Crippen molar-refractivity contribution in [1.29, 1.82) is 0 Å². The van der Waals surface area contributed by atoms with Gasteiger partial charge in [0.15, 0.2) is 0 Å². The maximum absolute atomic E-state index is 5.19. The Kier molecular flexibility index (Phi) is 5.88. The molecule has 5 heavy (non-hydrogen) atoms. The van der Waals surface area contributed by atoms with E-state index in [0.717, 1.165) is 0 Å². The van der Waals surface area contributed by atoms with Crippen LogP contribution in [0.25, 0.3) is 0 Å². The lowest BCUT2D eigenvalue weighted by molar-refractivity contribution is 0.436. The number of rotatable bonds is 2.